The summed E-state index contributed by atoms with van der Waals surface area (Å²) in [5.41, 5.74) is 1.14. The van der Waals surface area contributed by atoms with Gasteiger partial charge in [-0.2, -0.15) is 0 Å². The highest BCUT2D eigenvalue weighted by molar-refractivity contribution is 6.77. The molecule has 0 aliphatic carbocycles. The Morgan fingerprint density at radius 3 is 2.26 bits per heavy atom. The van der Waals surface area contributed by atoms with Gasteiger partial charge in [-0.1, -0.05) is 48.4 Å². The van der Waals surface area contributed by atoms with Crippen LogP contribution in [-0.4, -0.2) is 44.8 Å². The van der Waals surface area contributed by atoms with Crippen molar-refractivity contribution in [2.24, 2.45) is 0 Å². The summed E-state index contributed by atoms with van der Waals surface area (Å²) in [6.07, 6.45) is 1.96. The fourth-order valence-corrected chi connectivity index (χ4v) is 6.90. The normalized spacial score (nSPS) is 23.2. The maximum atomic E-state index is 6.34. The molecule has 2 atom stereocenters. The van der Waals surface area contributed by atoms with Gasteiger partial charge in [-0.3, -0.25) is 4.90 Å². The highest BCUT2D eigenvalue weighted by Gasteiger charge is 2.25. The SMILES string of the molecule is CC1CN(CCC[Si](C)(C)Cc2c(Cl)cccc2Cl)CC(C)O1. The molecule has 0 N–H and O–H groups in total. The van der Waals surface area contributed by atoms with Crippen LogP contribution in [0.5, 0.6) is 0 Å². The van der Waals surface area contributed by atoms with Crippen LogP contribution >= 0.6 is 23.2 Å². The van der Waals surface area contributed by atoms with Gasteiger partial charge in [0.05, 0.1) is 20.3 Å². The first kappa shape index (κ1) is 19.3. The van der Waals surface area contributed by atoms with Gasteiger partial charge in [0.2, 0.25) is 0 Å². The van der Waals surface area contributed by atoms with Crippen molar-refractivity contribution < 1.29 is 4.74 Å². The molecular formula is C18H29Cl2NOSi. The van der Waals surface area contributed by atoms with Gasteiger partial charge in [0, 0.05) is 23.1 Å². The summed E-state index contributed by atoms with van der Waals surface area (Å²) < 4.78 is 5.81. The van der Waals surface area contributed by atoms with Crippen molar-refractivity contribution in [3.8, 4) is 0 Å². The largest absolute Gasteiger partial charge is 0.373 e. The van der Waals surface area contributed by atoms with Crippen LogP contribution in [0.2, 0.25) is 29.2 Å². The zero-order valence-electron chi connectivity index (χ0n) is 14.7. The van der Waals surface area contributed by atoms with Crippen LogP contribution in [0.4, 0.5) is 0 Å². The van der Waals surface area contributed by atoms with Crippen LogP contribution in [0, 0.1) is 0 Å². The third-order valence-corrected chi connectivity index (χ3v) is 8.27. The number of nitrogens with zero attached hydrogens (tertiary/aromatic N) is 1. The Morgan fingerprint density at radius 2 is 1.70 bits per heavy atom. The number of hydrogen-bond donors (Lipinski definition) is 0. The summed E-state index contributed by atoms with van der Waals surface area (Å²) in [6, 6.07) is 8.17. The lowest BCUT2D eigenvalue weighted by atomic mass is 10.2. The van der Waals surface area contributed by atoms with Gasteiger partial charge in [-0.15, -0.1) is 0 Å². The standard InChI is InChI=1S/C18H29Cl2NOSi/c1-14-11-21(12-15(2)22-14)9-6-10-23(3,4)13-16-17(19)7-5-8-18(16)20/h5,7-8,14-15H,6,9-13H2,1-4H3. The number of hydrogen-bond acceptors (Lipinski definition) is 2. The van der Waals surface area contributed by atoms with E-state index in [0.29, 0.717) is 12.2 Å². The molecule has 0 saturated carbocycles. The van der Waals surface area contributed by atoms with E-state index < -0.39 is 8.07 Å². The van der Waals surface area contributed by atoms with Crippen LogP contribution in [0.25, 0.3) is 0 Å². The summed E-state index contributed by atoms with van der Waals surface area (Å²) in [6.45, 7) is 12.5. The molecule has 1 heterocycles. The van der Waals surface area contributed by atoms with Crippen molar-refractivity contribution >= 4 is 31.3 Å². The predicted molar refractivity (Wildman–Crippen MR) is 104 cm³/mol. The van der Waals surface area contributed by atoms with Crippen molar-refractivity contribution in [3.63, 3.8) is 0 Å². The molecule has 5 heteroatoms. The first-order chi connectivity index (χ1) is 10.8. The highest BCUT2D eigenvalue weighted by Crippen LogP contribution is 2.29. The van der Waals surface area contributed by atoms with E-state index in [0.717, 1.165) is 34.7 Å². The molecule has 1 fully saturated rings. The molecule has 1 aliphatic rings. The van der Waals surface area contributed by atoms with Crippen molar-refractivity contribution in [2.75, 3.05) is 19.6 Å². The van der Waals surface area contributed by atoms with Gasteiger partial charge in [-0.05, 0) is 50.6 Å². The molecule has 0 spiro atoms. The second kappa shape index (κ2) is 8.35. The zero-order valence-corrected chi connectivity index (χ0v) is 17.3. The van der Waals surface area contributed by atoms with Crippen LogP contribution in [0.15, 0.2) is 18.2 Å². The minimum Gasteiger partial charge on any atom is -0.373 e. The lowest BCUT2D eigenvalue weighted by Gasteiger charge is -2.35. The number of rotatable bonds is 6. The van der Waals surface area contributed by atoms with E-state index in [1.165, 1.54) is 19.0 Å². The molecule has 1 aromatic carbocycles. The minimum atomic E-state index is -1.35. The average Bonchev–Trinajstić information content (AvgIpc) is 2.42. The third kappa shape index (κ3) is 6.06. The van der Waals surface area contributed by atoms with E-state index in [9.17, 15) is 0 Å². The van der Waals surface area contributed by atoms with Gasteiger partial charge in [0.1, 0.15) is 0 Å². The molecule has 1 saturated heterocycles. The smallest absolute Gasteiger partial charge is 0.0678 e. The number of halogens is 2. The molecule has 0 radical (unpaired) electrons. The van der Waals surface area contributed by atoms with Gasteiger partial charge in [0.25, 0.3) is 0 Å². The quantitative estimate of drug-likeness (QED) is 0.628. The van der Waals surface area contributed by atoms with Crippen molar-refractivity contribution in [1.29, 1.82) is 0 Å². The third-order valence-electron chi connectivity index (χ3n) is 4.54. The summed E-state index contributed by atoms with van der Waals surface area (Å²) >= 11 is 12.7. The molecule has 2 unspecified atom stereocenters. The fourth-order valence-electron chi connectivity index (χ4n) is 3.52. The number of benzene rings is 1. The maximum Gasteiger partial charge on any atom is 0.0678 e. The number of morpholine rings is 1. The van der Waals surface area contributed by atoms with E-state index in [2.05, 4.69) is 31.8 Å². The van der Waals surface area contributed by atoms with Crippen molar-refractivity contribution in [2.45, 2.75) is 57.7 Å². The van der Waals surface area contributed by atoms with Crippen LogP contribution in [0.3, 0.4) is 0 Å². The molecule has 2 nitrogen and oxygen atoms in total. The van der Waals surface area contributed by atoms with E-state index in [4.69, 9.17) is 27.9 Å². The Balaban J connectivity index is 1.84. The first-order valence-corrected chi connectivity index (χ1v) is 12.7. The monoisotopic (exact) mass is 373 g/mol. The van der Waals surface area contributed by atoms with E-state index in [1.807, 2.05) is 18.2 Å². The molecule has 0 aromatic heterocycles. The molecule has 1 aromatic rings. The second-order valence-electron chi connectivity index (χ2n) is 7.66. The van der Waals surface area contributed by atoms with Gasteiger partial charge in [0.15, 0.2) is 0 Å². The Kier molecular flexibility index (Phi) is 6.99. The topological polar surface area (TPSA) is 12.5 Å². The molecule has 130 valence electrons. The van der Waals surface area contributed by atoms with E-state index >= 15 is 0 Å². The second-order valence-corrected chi connectivity index (χ2v) is 13.7. The summed E-state index contributed by atoms with van der Waals surface area (Å²) in [5, 5.41) is 1.63. The maximum absolute atomic E-state index is 6.34. The van der Waals surface area contributed by atoms with Gasteiger partial charge >= 0.3 is 0 Å². The highest BCUT2D eigenvalue weighted by atomic mass is 35.5. The number of ether oxygens (including phenoxy) is 1. The Bertz CT molecular complexity index is 493. The lowest BCUT2D eigenvalue weighted by molar-refractivity contribution is -0.0677. The molecule has 1 aliphatic heterocycles. The Morgan fingerprint density at radius 1 is 1.13 bits per heavy atom. The predicted octanol–water partition coefficient (Wildman–Crippen LogP) is 5.28. The lowest BCUT2D eigenvalue weighted by Crippen LogP contribution is -2.46. The van der Waals surface area contributed by atoms with Crippen LogP contribution < -0.4 is 0 Å². The molecule has 0 amide bonds. The summed E-state index contributed by atoms with van der Waals surface area (Å²) in [7, 11) is -1.35. The fraction of sp³-hybridized carbons (Fsp3) is 0.667. The van der Waals surface area contributed by atoms with Crippen molar-refractivity contribution in [1.82, 2.24) is 4.90 Å². The van der Waals surface area contributed by atoms with Crippen LogP contribution in [0.1, 0.15) is 25.8 Å². The molecule has 23 heavy (non-hydrogen) atoms. The van der Waals surface area contributed by atoms with Crippen LogP contribution in [-0.2, 0) is 10.8 Å². The van der Waals surface area contributed by atoms with Gasteiger partial charge in [-0.25, -0.2) is 0 Å². The molecular weight excluding hydrogens is 345 g/mol. The average molecular weight is 374 g/mol. The Hall–Kier alpha value is -0.0631. The summed E-state index contributed by atoms with van der Waals surface area (Å²) in [5.74, 6) is 0. The van der Waals surface area contributed by atoms with Gasteiger partial charge < -0.3 is 4.74 Å². The Labute approximate surface area is 152 Å². The summed E-state index contributed by atoms with van der Waals surface area (Å²) in [4.78, 5) is 2.55. The van der Waals surface area contributed by atoms with E-state index in [-0.39, 0.29) is 0 Å². The zero-order chi connectivity index (χ0) is 17.0. The first-order valence-electron chi connectivity index (χ1n) is 8.57. The van der Waals surface area contributed by atoms with E-state index in [1.54, 1.807) is 0 Å². The minimum absolute atomic E-state index is 0.353. The molecule has 2 rings (SSSR count). The van der Waals surface area contributed by atoms with Crippen molar-refractivity contribution in [3.05, 3.63) is 33.8 Å². The molecule has 0 bridgehead atoms.